The van der Waals surface area contributed by atoms with Crippen LogP contribution in [0.2, 0.25) is 0 Å². The third kappa shape index (κ3) is 9.31. The zero-order valence-electron chi connectivity index (χ0n) is 10.2. The Hall–Kier alpha value is -1.63. The molecule has 0 rings (SSSR count). The summed E-state index contributed by atoms with van der Waals surface area (Å²) in [5, 5.41) is 17.1. The minimum Gasteiger partial charge on any atom is -0.481 e. The van der Waals surface area contributed by atoms with E-state index in [2.05, 4.69) is 0 Å². The first-order valence-corrected chi connectivity index (χ1v) is 5.03. The molecule has 2 N–H and O–H groups in total. The van der Waals surface area contributed by atoms with Crippen molar-refractivity contribution in [1.82, 2.24) is 0 Å². The number of quaternary nitrogens is 1. The fraction of sp³-hybridized carbons (Fsp3) is 0.700. The highest BCUT2D eigenvalue weighted by molar-refractivity contribution is 5.90. The van der Waals surface area contributed by atoms with Gasteiger partial charge in [-0.3, -0.25) is 14.4 Å². The fourth-order valence-electron chi connectivity index (χ4n) is 1.30. The van der Waals surface area contributed by atoms with Crippen LogP contribution in [0, 0.1) is 0 Å². The van der Waals surface area contributed by atoms with Crippen molar-refractivity contribution < 1.29 is 33.8 Å². The number of rotatable bonds is 7. The Morgan fingerprint density at radius 3 is 2.00 bits per heavy atom. The number of carboxylic acids is 2. The standard InChI is InChI=1S/C10H17NO6/c1-11(2,3)6-7(4-8(12)13)17-10(16)5-9(14)15/h7H,4-6H2,1-3H3,(H-,12,13,14,15)/p+1/t7-/m1/s1/i1+1,2+1,3+1. The van der Waals surface area contributed by atoms with E-state index < -0.39 is 30.4 Å². The Morgan fingerprint density at radius 2 is 1.65 bits per heavy atom. The molecule has 0 heterocycles. The smallest absolute Gasteiger partial charge is 0.317 e. The van der Waals surface area contributed by atoms with Gasteiger partial charge in [-0.15, -0.1) is 0 Å². The number of carbonyl (C=O) groups excluding carboxylic acids is 1. The van der Waals surface area contributed by atoms with E-state index in [4.69, 9.17) is 14.9 Å². The van der Waals surface area contributed by atoms with Gasteiger partial charge in [-0.1, -0.05) is 0 Å². The quantitative estimate of drug-likeness (QED) is 0.275. The Balaban J connectivity index is 4.43. The number of ether oxygens (including phenoxy) is 1. The molecule has 0 aromatic rings. The molecule has 0 fully saturated rings. The van der Waals surface area contributed by atoms with Crippen molar-refractivity contribution in [2.24, 2.45) is 0 Å². The summed E-state index contributed by atoms with van der Waals surface area (Å²) in [4.78, 5) is 32.0. The first-order valence-electron chi connectivity index (χ1n) is 5.03. The van der Waals surface area contributed by atoms with E-state index >= 15 is 0 Å². The molecule has 0 aliphatic carbocycles. The number of carboxylic acid groups (broad SMARTS) is 2. The van der Waals surface area contributed by atoms with E-state index in [9.17, 15) is 14.4 Å². The summed E-state index contributed by atoms with van der Waals surface area (Å²) in [7, 11) is 5.46. The number of hydrogen-bond donors (Lipinski definition) is 2. The Kier molecular flexibility index (Phi) is 5.60. The molecule has 0 aliphatic heterocycles. The summed E-state index contributed by atoms with van der Waals surface area (Å²) in [5.41, 5.74) is 0. The van der Waals surface area contributed by atoms with Crippen LogP contribution in [0.25, 0.3) is 0 Å². The molecule has 0 aliphatic rings. The van der Waals surface area contributed by atoms with E-state index in [0.29, 0.717) is 11.0 Å². The maximum Gasteiger partial charge on any atom is 0.317 e. The predicted octanol–water partition coefficient (Wildman–Crippen LogP) is -0.446. The third-order valence-corrected chi connectivity index (χ3v) is 1.75. The molecule has 7 nitrogen and oxygen atoms in total. The molecule has 0 spiro atoms. The lowest BCUT2D eigenvalue weighted by atomic mass is 10.2. The first kappa shape index (κ1) is 15.4. The number of esters is 1. The van der Waals surface area contributed by atoms with E-state index in [1.165, 1.54) is 0 Å². The highest BCUT2D eigenvalue weighted by Crippen LogP contribution is 2.06. The van der Waals surface area contributed by atoms with Crippen molar-refractivity contribution in [2.75, 3.05) is 27.7 Å². The normalized spacial score (nSPS) is 12.9. The van der Waals surface area contributed by atoms with Crippen molar-refractivity contribution in [2.45, 2.75) is 18.9 Å². The van der Waals surface area contributed by atoms with Crippen LogP contribution in [-0.4, -0.2) is 66.4 Å². The Bertz CT molecular complexity index is 306. The number of likely N-dealkylation sites (N-methyl/N-ethyl adjacent to an activating group) is 1. The molecule has 98 valence electrons. The van der Waals surface area contributed by atoms with Gasteiger partial charge in [-0.25, -0.2) is 0 Å². The van der Waals surface area contributed by atoms with E-state index in [1.54, 1.807) is 0 Å². The van der Waals surface area contributed by atoms with Gasteiger partial charge < -0.3 is 19.4 Å². The molecule has 0 saturated carbocycles. The summed E-state index contributed by atoms with van der Waals surface area (Å²) >= 11 is 0. The minimum absolute atomic E-state index is 0.303. The fourth-order valence-corrected chi connectivity index (χ4v) is 1.30. The molecule has 7 heteroatoms. The van der Waals surface area contributed by atoms with Crippen LogP contribution in [0.3, 0.4) is 0 Å². The lowest BCUT2D eigenvalue weighted by molar-refractivity contribution is -0.873. The molecular formula is C10H18NO6+. The van der Waals surface area contributed by atoms with Gasteiger partial charge in [0.15, 0.2) is 6.10 Å². The molecular weight excluding hydrogens is 233 g/mol. The van der Waals surface area contributed by atoms with Crippen LogP contribution in [-0.2, 0) is 19.1 Å². The number of carbonyl (C=O) groups is 3. The maximum absolute atomic E-state index is 11.1. The van der Waals surface area contributed by atoms with Crippen molar-refractivity contribution in [1.29, 1.82) is 0 Å². The first-order chi connectivity index (χ1) is 7.60. The van der Waals surface area contributed by atoms with E-state index in [-0.39, 0.29) is 6.42 Å². The van der Waals surface area contributed by atoms with Crippen LogP contribution in [0.15, 0.2) is 0 Å². The summed E-state index contributed by atoms with van der Waals surface area (Å²) in [6, 6.07) is 0. The van der Waals surface area contributed by atoms with Gasteiger partial charge in [0.2, 0.25) is 0 Å². The molecule has 17 heavy (non-hydrogen) atoms. The average molecular weight is 251 g/mol. The second kappa shape index (κ2) is 6.19. The average Bonchev–Trinajstić information content (AvgIpc) is 1.95. The second-order valence-corrected chi connectivity index (χ2v) is 4.75. The largest absolute Gasteiger partial charge is 0.481 e. The number of aliphatic carboxylic acids is 2. The van der Waals surface area contributed by atoms with Crippen LogP contribution in [0.5, 0.6) is 0 Å². The zero-order valence-corrected chi connectivity index (χ0v) is 10.2. The van der Waals surface area contributed by atoms with Crippen LogP contribution >= 0.6 is 0 Å². The molecule has 1 atom stereocenters. The zero-order chi connectivity index (χ0) is 13.6. The van der Waals surface area contributed by atoms with Crippen LogP contribution < -0.4 is 0 Å². The highest BCUT2D eigenvalue weighted by atomic mass is 16.5. The van der Waals surface area contributed by atoms with Gasteiger partial charge in [0.25, 0.3) is 0 Å². The van der Waals surface area contributed by atoms with Gasteiger partial charge in [-0.2, -0.15) is 0 Å². The molecule has 0 bridgehead atoms. The number of nitrogens with zero attached hydrogens (tertiary/aromatic N) is 1. The summed E-state index contributed by atoms with van der Waals surface area (Å²) in [6.45, 7) is 0.303. The van der Waals surface area contributed by atoms with Crippen LogP contribution in [0.1, 0.15) is 12.8 Å². The van der Waals surface area contributed by atoms with Crippen LogP contribution in [0.4, 0.5) is 0 Å². The van der Waals surface area contributed by atoms with Gasteiger partial charge in [0.1, 0.15) is 13.0 Å². The topological polar surface area (TPSA) is 101 Å². The van der Waals surface area contributed by atoms with Crippen molar-refractivity contribution in [3.8, 4) is 0 Å². The van der Waals surface area contributed by atoms with Crippen molar-refractivity contribution in [3.05, 3.63) is 0 Å². The van der Waals surface area contributed by atoms with E-state index in [0.717, 1.165) is 0 Å². The monoisotopic (exact) mass is 251 g/mol. The highest BCUT2D eigenvalue weighted by Gasteiger charge is 2.25. The summed E-state index contributed by atoms with van der Waals surface area (Å²) in [6.07, 6.45) is -1.91. The third-order valence-electron chi connectivity index (χ3n) is 1.75. The van der Waals surface area contributed by atoms with Crippen molar-refractivity contribution >= 4 is 17.9 Å². The van der Waals surface area contributed by atoms with Gasteiger partial charge in [0, 0.05) is 0 Å². The van der Waals surface area contributed by atoms with Crippen molar-refractivity contribution in [3.63, 3.8) is 0 Å². The lowest BCUT2D eigenvalue weighted by Gasteiger charge is -2.28. The number of hydrogen-bond acceptors (Lipinski definition) is 4. The maximum atomic E-state index is 11.1. The summed E-state index contributed by atoms with van der Waals surface area (Å²) in [5.74, 6) is -3.31. The molecule has 0 amide bonds. The van der Waals surface area contributed by atoms with Gasteiger partial charge in [-0.05, 0) is 0 Å². The molecule has 0 aromatic heterocycles. The molecule has 0 aromatic carbocycles. The van der Waals surface area contributed by atoms with E-state index in [1.807, 2.05) is 21.1 Å². The molecule has 0 unspecified atom stereocenters. The molecule has 0 saturated heterocycles. The van der Waals surface area contributed by atoms with Gasteiger partial charge in [0.05, 0.1) is 27.6 Å². The van der Waals surface area contributed by atoms with Gasteiger partial charge >= 0.3 is 17.9 Å². The second-order valence-electron chi connectivity index (χ2n) is 4.75. The Labute approximate surface area is 99.2 Å². The lowest BCUT2D eigenvalue weighted by Crippen LogP contribution is -2.44. The molecule has 0 radical (unpaired) electrons. The summed E-state index contributed by atoms with van der Waals surface area (Å²) < 4.78 is 5.25. The predicted molar refractivity (Wildman–Crippen MR) is 57.3 cm³/mol. The minimum atomic E-state index is -1.30. The SMILES string of the molecule is [13CH3][N+]([13CH3])([13CH3])C[C@@H](CC(=O)O)OC(=O)CC(=O)O. The Morgan fingerprint density at radius 1 is 1.12 bits per heavy atom.